The smallest absolute Gasteiger partial charge is 0.153 e. The van der Waals surface area contributed by atoms with Gasteiger partial charge in [0.25, 0.3) is 0 Å². The molecular formula is C15H13N5. The minimum absolute atomic E-state index is 0.0417. The van der Waals surface area contributed by atoms with E-state index in [1.165, 1.54) is 0 Å². The fraction of sp³-hybridized carbons (Fsp3) is 0.200. The Morgan fingerprint density at radius 3 is 2.85 bits per heavy atom. The second-order valence-corrected chi connectivity index (χ2v) is 4.47. The number of aromatic nitrogens is 2. The average Bonchev–Trinajstić information content (AvgIpc) is 2.86. The molecule has 2 aromatic rings. The molecule has 1 aliphatic heterocycles. The predicted octanol–water partition coefficient (Wildman–Crippen LogP) is 2.65. The van der Waals surface area contributed by atoms with Crippen molar-refractivity contribution in [3.8, 4) is 6.07 Å². The molecule has 5 heteroatoms. The van der Waals surface area contributed by atoms with Crippen LogP contribution in [0.3, 0.4) is 0 Å². The lowest BCUT2D eigenvalue weighted by molar-refractivity contribution is 0.934. The minimum Gasteiger partial charge on any atom is -0.371 e. The molecule has 0 amide bonds. The second kappa shape index (κ2) is 5.10. The first-order chi connectivity index (χ1) is 9.85. The van der Waals surface area contributed by atoms with E-state index >= 15 is 0 Å². The minimum atomic E-state index is -0.0417. The van der Waals surface area contributed by atoms with Crippen LogP contribution in [0, 0.1) is 11.3 Å². The van der Waals surface area contributed by atoms with Gasteiger partial charge in [-0.15, -0.1) is 0 Å². The van der Waals surface area contributed by atoms with Gasteiger partial charge in [-0.25, -0.2) is 9.97 Å². The monoisotopic (exact) mass is 263 g/mol. The first kappa shape index (κ1) is 12.3. The van der Waals surface area contributed by atoms with Crippen molar-refractivity contribution >= 4 is 17.2 Å². The van der Waals surface area contributed by atoms with E-state index < -0.39 is 0 Å². The summed E-state index contributed by atoms with van der Waals surface area (Å²) in [6.07, 6.45) is 3.66. The van der Waals surface area contributed by atoms with Crippen molar-refractivity contribution in [2.24, 2.45) is 4.99 Å². The molecule has 0 aliphatic carbocycles. The Bertz CT molecular complexity index is 714. The van der Waals surface area contributed by atoms with Crippen LogP contribution in [-0.2, 0) is 0 Å². The Labute approximate surface area is 117 Å². The Kier molecular flexibility index (Phi) is 3.13. The number of benzene rings is 1. The van der Waals surface area contributed by atoms with Gasteiger partial charge < -0.3 is 5.32 Å². The van der Waals surface area contributed by atoms with Crippen LogP contribution in [0.25, 0.3) is 0 Å². The third-order valence-corrected chi connectivity index (χ3v) is 3.36. The van der Waals surface area contributed by atoms with Crippen molar-refractivity contribution in [3.05, 3.63) is 47.9 Å². The standard InChI is InChI=1S/C15H13N5/c1-17-15-14(18-8-9-19-15)13-11(6-7-16)10-4-2-3-5-12(10)20-13/h2-5,8-9,11H,6H2,1H3,(H,17,19). The van der Waals surface area contributed by atoms with Gasteiger partial charge in [0.2, 0.25) is 0 Å². The van der Waals surface area contributed by atoms with Crippen molar-refractivity contribution in [2.75, 3.05) is 12.4 Å². The number of fused-ring (bicyclic) bond motifs is 1. The molecule has 0 radical (unpaired) electrons. The van der Waals surface area contributed by atoms with E-state index in [-0.39, 0.29) is 5.92 Å². The van der Waals surface area contributed by atoms with Gasteiger partial charge in [0.05, 0.1) is 17.5 Å². The zero-order chi connectivity index (χ0) is 13.9. The number of aliphatic imine (C=N–C) groups is 1. The number of hydrogen-bond donors (Lipinski definition) is 1. The van der Waals surface area contributed by atoms with Gasteiger partial charge in [-0.05, 0) is 11.6 Å². The maximum Gasteiger partial charge on any atom is 0.153 e. The fourth-order valence-electron chi connectivity index (χ4n) is 2.46. The summed E-state index contributed by atoms with van der Waals surface area (Å²) in [6, 6.07) is 10.1. The lowest BCUT2D eigenvalue weighted by Gasteiger charge is -2.12. The molecule has 98 valence electrons. The first-order valence-corrected chi connectivity index (χ1v) is 6.38. The maximum absolute atomic E-state index is 9.09. The maximum atomic E-state index is 9.09. The lowest BCUT2D eigenvalue weighted by Crippen LogP contribution is -2.14. The quantitative estimate of drug-likeness (QED) is 0.923. The summed E-state index contributed by atoms with van der Waals surface area (Å²) in [5.74, 6) is 0.641. The van der Waals surface area contributed by atoms with E-state index in [0.29, 0.717) is 17.9 Å². The molecule has 0 saturated heterocycles. The Morgan fingerprint density at radius 2 is 2.05 bits per heavy atom. The molecule has 0 bridgehead atoms. The summed E-state index contributed by atoms with van der Waals surface area (Å²) < 4.78 is 0. The molecule has 0 fully saturated rings. The number of nitriles is 1. The number of nitrogens with one attached hydrogen (secondary N) is 1. The largest absolute Gasteiger partial charge is 0.371 e. The van der Waals surface area contributed by atoms with Crippen molar-refractivity contribution in [1.82, 2.24) is 9.97 Å². The molecule has 5 nitrogen and oxygen atoms in total. The molecule has 2 heterocycles. The lowest BCUT2D eigenvalue weighted by atomic mass is 9.91. The highest BCUT2D eigenvalue weighted by atomic mass is 15.0. The zero-order valence-electron chi connectivity index (χ0n) is 11.0. The van der Waals surface area contributed by atoms with E-state index in [2.05, 4.69) is 26.3 Å². The van der Waals surface area contributed by atoms with E-state index in [0.717, 1.165) is 17.0 Å². The van der Waals surface area contributed by atoms with E-state index in [1.807, 2.05) is 24.3 Å². The molecule has 1 aliphatic rings. The van der Waals surface area contributed by atoms with Gasteiger partial charge in [-0.1, -0.05) is 18.2 Å². The molecule has 0 saturated carbocycles. The third-order valence-electron chi connectivity index (χ3n) is 3.36. The SMILES string of the molecule is CNc1nccnc1C1=Nc2ccccc2C1CC#N. The predicted molar refractivity (Wildman–Crippen MR) is 77.2 cm³/mol. The van der Waals surface area contributed by atoms with Crippen LogP contribution >= 0.6 is 0 Å². The number of hydrogen-bond acceptors (Lipinski definition) is 5. The van der Waals surface area contributed by atoms with Crippen molar-refractivity contribution in [1.29, 1.82) is 5.26 Å². The van der Waals surface area contributed by atoms with E-state index in [1.54, 1.807) is 19.4 Å². The van der Waals surface area contributed by atoms with Crippen molar-refractivity contribution in [2.45, 2.75) is 12.3 Å². The highest BCUT2D eigenvalue weighted by Crippen LogP contribution is 2.39. The third kappa shape index (κ3) is 1.91. The van der Waals surface area contributed by atoms with Crippen LogP contribution in [-0.4, -0.2) is 22.7 Å². The number of para-hydroxylation sites is 1. The number of nitrogens with zero attached hydrogens (tertiary/aromatic N) is 4. The van der Waals surface area contributed by atoms with Crippen LogP contribution in [0.15, 0.2) is 41.7 Å². The van der Waals surface area contributed by atoms with Gasteiger partial charge in [-0.3, -0.25) is 4.99 Å². The van der Waals surface area contributed by atoms with Gasteiger partial charge in [0, 0.05) is 31.8 Å². The Hall–Kier alpha value is -2.74. The topological polar surface area (TPSA) is 74.0 Å². The number of anilines is 1. The summed E-state index contributed by atoms with van der Waals surface area (Å²) in [6.45, 7) is 0. The van der Waals surface area contributed by atoms with Gasteiger partial charge in [0.1, 0.15) is 5.69 Å². The summed E-state index contributed by atoms with van der Waals surface area (Å²) in [7, 11) is 1.80. The average molecular weight is 263 g/mol. The molecule has 1 N–H and O–H groups in total. The summed E-state index contributed by atoms with van der Waals surface area (Å²) in [5.41, 5.74) is 3.52. The van der Waals surface area contributed by atoms with E-state index in [9.17, 15) is 0 Å². The first-order valence-electron chi connectivity index (χ1n) is 6.38. The molecule has 1 unspecified atom stereocenters. The van der Waals surface area contributed by atoms with Crippen molar-refractivity contribution in [3.63, 3.8) is 0 Å². The number of rotatable bonds is 3. The molecule has 3 rings (SSSR count). The molecule has 0 spiro atoms. The zero-order valence-corrected chi connectivity index (χ0v) is 11.0. The van der Waals surface area contributed by atoms with Gasteiger partial charge in [-0.2, -0.15) is 5.26 Å². The van der Waals surface area contributed by atoms with Crippen LogP contribution in [0.5, 0.6) is 0 Å². The highest BCUT2D eigenvalue weighted by Gasteiger charge is 2.30. The molecule has 20 heavy (non-hydrogen) atoms. The highest BCUT2D eigenvalue weighted by molar-refractivity contribution is 6.11. The molecular weight excluding hydrogens is 250 g/mol. The molecule has 1 atom stereocenters. The fourth-order valence-corrected chi connectivity index (χ4v) is 2.46. The summed E-state index contributed by atoms with van der Waals surface area (Å²) in [5, 5.41) is 12.1. The second-order valence-electron chi connectivity index (χ2n) is 4.47. The summed E-state index contributed by atoms with van der Waals surface area (Å²) in [4.78, 5) is 13.3. The van der Waals surface area contributed by atoms with Crippen molar-refractivity contribution < 1.29 is 0 Å². The van der Waals surface area contributed by atoms with Crippen LogP contribution < -0.4 is 5.32 Å². The van der Waals surface area contributed by atoms with Crippen LogP contribution in [0.1, 0.15) is 23.6 Å². The summed E-state index contributed by atoms with van der Waals surface area (Å²) >= 11 is 0. The van der Waals surface area contributed by atoms with Crippen LogP contribution in [0.2, 0.25) is 0 Å². The van der Waals surface area contributed by atoms with E-state index in [4.69, 9.17) is 5.26 Å². The van der Waals surface area contributed by atoms with Gasteiger partial charge in [0.15, 0.2) is 5.82 Å². The van der Waals surface area contributed by atoms with Crippen LogP contribution in [0.4, 0.5) is 11.5 Å². The normalized spacial score (nSPS) is 16.2. The molecule has 1 aromatic carbocycles. The van der Waals surface area contributed by atoms with Gasteiger partial charge >= 0.3 is 0 Å². The molecule has 1 aromatic heterocycles. The Balaban J connectivity index is 2.12. The Morgan fingerprint density at radius 1 is 1.25 bits per heavy atom.